The number of hydrogen-bond acceptors (Lipinski definition) is 4. The quantitative estimate of drug-likeness (QED) is 0.700. The van der Waals surface area contributed by atoms with Crippen LogP contribution in [0, 0.1) is 0 Å². The molecule has 1 aromatic rings. The second kappa shape index (κ2) is 6.65. The van der Waals surface area contributed by atoms with Crippen molar-refractivity contribution in [3.05, 3.63) is 35.4 Å². The highest BCUT2D eigenvalue weighted by molar-refractivity contribution is 5.85. The van der Waals surface area contributed by atoms with Gasteiger partial charge in [-0.05, 0) is 11.1 Å². The lowest BCUT2D eigenvalue weighted by Crippen LogP contribution is -2.46. The van der Waals surface area contributed by atoms with Crippen LogP contribution in [0.5, 0.6) is 0 Å². The number of carbonyl (C=O) groups excluding carboxylic acids is 1. The maximum absolute atomic E-state index is 12.3. The number of methoxy groups -OCH3 is 1. The van der Waals surface area contributed by atoms with E-state index in [2.05, 4.69) is 10.6 Å². The average Bonchev–Trinajstić information content (AvgIpc) is 2.46. The molecular weight excluding hydrogens is 244 g/mol. The van der Waals surface area contributed by atoms with E-state index in [0.717, 1.165) is 17.7 Å². The smallest absolute Gasteiger partial charge is 0.229 e. The Morgan fingerprint density at radius 3 is 3.11 bits per heavy atom. The Bertz CT molecular complexity index is 436. The Balaban J connectivity index is 2.08. The molecule has 2 atom stereocenters. The number of carbonyl (C=O) groups is 1. The topological polar surface area (TPSA) is 70.6 Å². The zero-order valence-corrected chi connectivity index (χ0v) is 11.1. The van der Waals surface area contributed by atoms with Crippen LogP contribution in [0.15, 0.2) is 24.3 Å². The highest BCUT2D eigenvalue weighted by atomic mass is 16.5. The largest absolute Gasteiger partial charge is 0.394 e. The molecular formula is C14H20N2O3. The third-order valence-corrected chi connectivity index (χ3v) is 3.35. The van der Waals surface area contributed by atoms with Gasteiger partial charge in [0.25, 0.3) is 0 Å². The summed E-state index contributed by atoms with van der Waals surface area (Å²) in [7, 11) is 1.55. The van der Waals surface area contributed by atoms with E-state index < -0.39 is 0 Å². The lowest BCUT2D eigenvalue weighted by atomic mass is 9.90. The van der Waals surface area contributed by atoms with E-state index in [0.29, 0.717) is 13.2 Å². The van der Waals surface area contributed by atoms with Crippen molar-refractivity contribution in [1.29, 1.82) is 0 Å². The summed E-state index contributed by atoms with van der Waals surface area (Å²) in [6, 6.07) is 7.59. The fourth-order valence-electron chi connectivity index (χ4n) is 2.37. The molecule has 19 heavy (non-hydrogen) atoms. The number of rotatable bonds is 5. The van der Waals surface area contributed by atoms with E-state index >= 15 is 0 Å². The molecule has 2 rings (SSSR count). The van der Waals surface area contributed by atoms with Gasteiger partial charge in [0, 0.05) is 20.2 Å². The zero-order valence-electron chi connectivity index (χ0n) is 11.1. The summed E-state index contributed by atoms with van der Waals surface area (Å²) in [5, 5.41) is 15.3. The molecule has 0 aliphatic carbocycles. The minimum atomic E-state index is -0.355. The highest BCUT2D eigenvalue weighted by Gasteiger charge is 2.27. The SMILES string of the molecule is COCC(CO)NC(=O)C1CNCc2ccccc21. The maximum Gasteiger partial charge on any atom is 0.229 e. The third-order valence-electron chi connectivity index (χ3n) is 3.35. The van der Waals surface area contributed by atoms with Gasteiger partial charge in [0.1, 0.15) is 0 Å². The number of ether oxygens (including phenoxy) is 1. The molecule has 5 nitrogen and oxygen atoms in total. The van der Waals surface area contributed by atoms with Crippen LogP contribution in [0.4, 0.5) is 0 Å². The Hall–Kier alpha value is -1.43. The molecule has 1 aromatic carbocycles. The van der Waals surface area contributed by atoms with Crippen LogP contribution in [0.1, 0.15) is 17.0 Å². The van der Waals surface area contributed by atoms with Gasteiger partial charge in [0.05, 0.1) is 25.2 Å². The van der Waals surface area contributed by atoms with Crippen LogP contribution in [-0.2, 0) is 16.1 Å². The third kappa shape index (κ3) is 3.32. The summed E-state index contributed by atoms with van der Waals surface area (Å²) in [5.74, 6) is -0.286. The summed E-state index contributed by atoms with van der Waals surface area (Å²) < 4.78 is 4.96. The van der Waals surface area contributed by atoms with Gasteiger partial charge in [0.15, 0.2) is 0 Å². The van der Waals surface area contributed by atoms with Crippen molar-refractivity contribution >= 4 is 5.91 Å². The van der Waals surface area contributed by atoms with Crippen molar-refractivity contribution < 1.29 is 14.6 Å². The Morgan fingerprint density at radius 1 is 1.58 bits per heavy atom. The fourth-order valence-corrected chi connectivity index (χ4v) is 2.37. The molecule has 0 saturated carbocycles. The van der Waals surface area contributed by atoms with E-state index in [1.165, 1.54) is 0 Å². The van der Waals surface area contributed by atoms with Gasteiger partial charge in [-0.1, -0.05) is 24.3 Å². The van der Waals surface area contributed by atoms with Gasteiger partial charge in [-0.2, -0.15) is 0 Å². The molecule has 104 valence electrons. The molecule has 1 aliphatic heterocycles. The van der Waals surface area contributed by atoms with Crippen molar-refractivity contribution in [2.75, 3.05) is 26.9 Å². The van der Waals surface area contributed by atoms with Crippen LogP contribution in [0.25, 0.3) is 0 Å². The van der Waals surface area contributed by atoms with Gasteiger partial charge in [0.2, 0.25) is 5.91 Å². The van der Waals surface area contributed by atoms with E-state index in [1.807, 2.05) is 24.3 Å². The molecule has 1 amide bonds. The molecule has 0 saturated heterocycles. The van der Waals surface area contributed by atoms with Gasteiger partial charge in [-0.15, -0.1) is 0 Å². The molecule has 0 bridgehead atoms. The van der Waals surface area contributed by atoms with E-state index in [9.17, 15) is 9.90 Å². The minimum Gasteiger partial charge on any atom is -0.394 e. The first-order chi connectivity index (χ1) is 9.26. The first-order valence-electron chi connectivity index (χ1n) is 6.45. The first-order valence-corrected chi connectivity index (χ1v) is 6.45. The van der Waals surface area contributed by atoms with Crippen LogP contribution in [0.2, 0.25) is 0 Å². The van der Waals surface area contributed by atoms with Crippen LogP contribution in [0.3, 0.4) is 0 Å². The highest BCUT2D eigenvalue weighted by Crippen LogP contribution is 2.23. The van der Waals surface area contributed by atoms with Crippen LogP contribution in [-0.4, -0.2) is 43.9 Å². The number of fused-ring (bicyclic) bond motifs is 1. The Morgan fingerprint density at radius 2 is 2.37 bits per heavy atom. The second-order valence-corrected chi connectivity index (χ2v) is 4.73. The molecule has 0 aromatic heterocycles. The number of amides is 1. The molecule has 1 heterocycles. The van der Waals surface area contributed by atoms with Crippen molar-refractivity contribution in [2.24, 2.45) is 0 Å². The molecule has 0 spiro atoms. The summed E-state index contributed by atoms with van der Waals surface area (Å²) in [5.41, 5.74) is 2.22. The Kier molecular flexibility index (Phi) is 4.90. The minimum absolute atomic E-state index is 0.0734. The van der Waals surface area contributed by atoms with E-state index in [1.54, 1.807) is 7.11 Å². The summed E-state index contributed by atoms with van der Waals surface area (Å²) in [6.45, 7) is 1.60. The fraction of sp³-hybridized carbons (Fsp3) is 0.500. The number of aliphatic hydroxyl groups excluding tert-OH is 1. The lowest BCUT2D eigenvalue weighted by molar-refractivity contribution is -0.124. The molecule has 3 N–H and O–H groups in total. The normalized spacial score (nSPS) is 19.6. The summed E-state index contributed by atoms with van der Waals surface area (Å²) in [6.07, 6.45) is 0. The summed E-state index contributed by atoms with van der Waals surface area (Å²) in [4.78, 5) is 12.3. The Labute approximate surface area is 113 Å². The van der Waals surface area contributed by atoms with E-state index in [4.69, 9.17) is 4.74 Å². The molecule has 0 radical (unpaired) electrons. The van der Waals surface area contributed by atoms with Gasteiger partial charge >= 0.3 is 0 Å². The zero-order chi connectivity index (χ0) is 13.7. The van der Waals surface area contributed by atoms with Gasteiger partial charge in [-0.3, -0.25) is 4.79 Å². The second-order valence-electron chi connectivity index (χ2n) is 4.73. The predicted octanol–water partition coefficient (Wildman–Crippen LogP) is -0.00310. The van der Waals surface area contributed by atoms with Crippen LogP contribution < -0.4 is 10.6 Å². The van der Waals surface area contributed by atoms with Gasteiger partial charge in [-0.25, -0.2) is 0 Å². The van der Waals surface area contributed by atoms with Crippen molar-refractivity contribution in [3.63, 3.8) is 0 Å². The molecule has 5 heteroatoms. The first kappa shape index (κ1) is 14.0. The van der Waals surface area contributed by atoms with Crippen molar-refractivity contribution in [1.82, 2.24) is 10.6 Å². The number of benzene rings is 1. The molecule has 1 aliphatic rings. The number of hydrogen-bond donors (Lipinski definition) is 3. The standard InChI is InChI=1S/C14H20N2O3/c1-19-9-11(8-17)16-14(18)13-7-15-6-10-4-2-3-5-12(10)13/h2-5,11,13,15,17H,6-9H2,1H3,(H,16,18). The maximum atomic E-state index is 12.3. The van der Waals surface area contributed by atoms with E-state index in [-0.39, 0.29) is 24.5 Å². The number of aliphatic hydroxyl groups is 1. The lowest BCUT2D eigenvalue weighted by Gasteiger charge is -2.27. The van der Waals surface area contributed by atoms with Gasteiger partial charge < -0.3 is 20.5 Å². The molecule has 0 fully saturated rings. The monoisotopic (exact) mass is 264 g/mol. The van der Waals surface area contributed by atoms with Crippen LogP contribution >= 0.6 is 0 Å². The molecule has 2 unspecified atom stereocenters. The average molecular weight is 264 g/mol. The van der Waals surface area contributed by atoms with Crippen molar-refractivity contribution in [3.8, 4) is 0 Å². The van der Waals surface area contributed by atoms with Crippen molar-refractivity contribution in [2.45, 2.75) is 18.5 Å². The summed E-state index contributed by atoms with van der Waals surface area (Å²) >= 11 is 0. The number of nitrogens with one attached hydrogen (secondary N) is 2. The predicted molar refractivity (Wildman–Crippen MR) is 71.8 cm³/mol.